The molecular formula is C22H34O6. The topological polar surface area (TPSA) is 78.9 Å². The van der Waals surface area contributed by atoms with Gasteiger partial charge in [-0.3, -0.25) is 9.59 Å². The summed E-state index contributed by atoms with van der Waals surface area (Å²) in [5.74, 6) is -0.740. The van der Waals surface area contributed by atoms with Crippen molar-refractivity contribution in [3.05, 3.63) is 12.2 Å². The Morgan fingerprint density at radius 2 is 1.96 bits per heavy atom. The van der Waals surface area contributed by atoms with E-state index in [1.807, 2.05) is 12.2 Å². The SMILES string of the molecule is CCCCCC(C=C[C@]1(OC)CC[C@@H]2C[C@@H](C=O)C[C@]21OC(C)=O)OC(C)=O. The van der Waals surface area contributed by atoms with Crippen LogP contribution in [-0.2, 0) is 28.6 Å². The minimum Gasteiger partial charge on any atom is -0.458 e. The lowest BCUT2D eigenvalue weighted by molar-refractivity contribution is -0.188. The molecule has 0 aromatic rings. The van der Waals surface area contributed by atoms with Crippen molar-refractivity contribution >= 4 is 18.2 Å². The van der Waals surface area contributed by atoms with Gasteiger partial charge in [0.2, 0.25) is 0 Å². The van der Waals surface area contributed by atoms with E-state index in [0.717, 1.165) is 38.4 Å². The summed E-state index contributed by atoms with van der Waals surface area (Å²) in [5.41, 5.74) is -1.66. The number of hydrogen-bond acceptors (Lipinski definition) is 6. The number of hydrogen-bond donors (Lipinski definition) is 0. The molecule has 2 aliphatic rings. The first-order chi connectivity index (χ1) is 13.3. The summed E-state index contributed by atoms with van der Waals surface area (Å²) in [6.45, 7) is 4.93. The van der Waals surface area contributed by atoms with Crippen LogP contribution in [0.5, 0.6) is 0 Å². The monoisotopic (exact) mass is 394 g/mol. The van der Waals surface area contributed by atoms with Crippen molar-refractivity contribution in [2.24, 2.45) is 11.8 Å². The van der Waals surface area contributed by atoms with E-state index >= 15 is 0 Å². The quantitative estimate of drug-likeness (QED) is 0.243. The Labute approximate surface area is 168 Å². The zero-order valence-electron chi connectivity index (χ0n) is 17.6. The maximum absolute atomic E-state index is 11.9. The standard InChI is InChI=1S/C22H34O6/c1-5-6-7-8-20(27-16(2)24)10-12-21(26-4)11-9-19-13-18(15-23)14-22(19,21)28-17(3)25/h10,12,15,18-20H,5-9,11,13-14H2,1-4H3/t18-,19-,20?,21-,22+/m1/s1. The third kappa shape index (κ3) is 4.65. The first-order valence-electron chi connectivity index (χ1n) is 10.4. The van der Waals surface area contributed by atoms with Crippen LogP contribution in [-0.4, -0.2) is 42.6 Å². The molecule has 0 aromatic carbocycles. The average Bonchev–Trinajstić information content (AvgIpc) is 3.12. The van der Waals surface area contributed by atoms with Gasteiger partial charge in [-0.25, -0.2) is 0 Å². The minimum absolute atomic E-state index is 0.0865. The number of esters is 2. The number of fused-ring (bicyclic) bond motifs is 1. The van der Waals surface area contributed by atoms with Crippen LogP contribution >= 0.6 is 0 Å². The molecule has 0 heterocycles. The fraction of sp³-hybridized carbons (Fsp3) is 0.773. The molecule has 6 nitrogen and oxygen atoms in total. The number of carbonyl (C=O) groups excluding carboxylic acids is 3. The van der Waals surface area contributed by atoms with Crippen molar-refractivity contribution in [2.75, 3.05) is 7.11 Å². The summed E-state index contributed by atoms with van der Waals surface area (Å²) in [5, 5.41) is 0. The number of unbranched alkanes of at least 4 members (excludes halogenated alkanes) is 2. The summed E-state index contributed by atoms with van der Waals surface area (Å²) in [7, 11) is 1.62. The molecule has 2 saturated carbocycles. The van der Waals surface area contributed by atoms with Crippen molar-refractivity contribution in [3.8, 4) is 0 Å². The molecule has 2 aliphatic carbocycles. The largest absolute Gasteiger partial charge is 0.458 e. The van der Waals surface area contributed by atoms with E-state index in [2.05, 4.69) is 6.92 Å². The van der Waals surface area contributed by atoms with E-state index in [4.69, 9.17) is 14.2 Å². The fourth-order valence-electron chi connectivity index (χ4n) is 5.07. The van der Waals surface area contributed by atoms with E-state index < -0.39 is 11.2 Å². The van der Waals surface area contributed by atoms with Crippen LogP contribution in [0.15, 0.2) is 12.2 Å². The Bertz CT molecular complexity index is 600. The van der Waals surface area contributed by atoms with Gasteiger partial charge in [-0.05, 0) is 44.3 Å². The highest BCUT2D eigenvalue weighted by Gasteiger charge is 2.66. The van der Waals surface area contributed by atoms with Crippen LogP contribution in [0.25, 0.3) is 0 Å². The maximum Gasteiger partial charge on any atom is 0.303 e. The third-order valence-electron chi connectivity index (χ3n) is 6.26. The summed E-state index contributed by atoms with van der Waals surface area (Å²) < 4.78 is 17.3. The molecule has 5 atom stereocenters. The van der Waals surface area contributed by atoms with Crippen LogP contribution in [0.4, 0.5) is 0 Å². The van der Waals surface area contributed by atoms with Crippen LogP contribution in [0.2, 0.25) is 0 Å². The second-order valence-electron chi connectivity index (χ2n) is 8.15. The Hall–Kier alpha value is -1.69. The molecule has 0 bridgehead atoms. The van der Waals surface area contributed by atoms with Crippen LogP contribution in [0.3, 0.4) is 0 Å². The maximum atomic E-state index is 11.9. The lowest BCUT2D eigenvalue weighted by Crippen LogP contribution is -2.54. The van der Waals surface area contributed by atoms with E-state index in [-0.39, 0.29) is 29.9 Å². The molecule has 2 rings (SSSR count). The van der Waals surface area contributed by atoms with Gasteiger partial charge in [-0.2, -0.15) is 0 Å². The van der Waals surface area contributed by atoms with Gasteiger partial charge in [0.15, 0.2) is 0 Å². The predicted molar refractivity (Wildman–Crippen MR) is 105 cm³/mol. The van der Waals surface area contributed by atoms with Gasteiger partial charge >= 0.3 is 11.9 Å². The first-order valence-corrected chi connectivity index (χ1v) is 10.4. The molecule has 0 N–H and O–H groups in total. The highest BCUT2D eigenvalue weighted by atomic mass is 16.6. The number of carbonyl (C=O) groups is 3. The second-order valence-corrected chi connectivity index (χ2v) is 8.15. The molecule has 158 valence electrons. The second kappa shape index (κ2) is 9.68. The number of rotatable bonds is 10. The van der Waals surface area contributed by atoms with Gasteiger partial charge in [-0.15, -0.1) is 0 Å². The highest BCUT2D eigenvalue weighted by Crippen LogP contribution is 2.58. The molecule has 28 heavy (non-hydrogen) atoms. The predicted octanol–water partition coefficient (Wildman–Crippen LogP) is 3.76. The molecule has 0 spiro atoms. The zero-order valence-corrected chi connectivity index (χ0v) is 17.6. The Morgan fingerprint density at radius 1 is 1.21 bits per heavy atom. The van der Waals surface area contributed by atoms with Gasteiger partial charge in [0, 0.05) is 39.2 Å². The van der Waals surface area contributed by atoms with E-state index in [0.29, 0.717) is 19.3 Å². The van der Waals surface area contributed by atoms with E-state index in [9.17, 15) is 14.4 Å². The van der Waals surface area contributed by atoms with Gasteiger partial charge in [0.1, 0.15) is 23.6 Å². The number of methoxy groups -OCH3 is 1. The molecule has 0 radical (unpaired) electrons. The number of ether oxygens (including phenoxy) is 3. The van der Waals surface area contributed by atoms with Crippen molar-refractivity contribution in [2.45, 2.75) is 89.4 Å². The van der Waals surface area contributed by atoms with Crippen molar-refractivity contribution in [1.82, 2.24) is 0 Å². The number of aldehydes is 1. The molecule has 0 amide bonds. The first kappa shape index (κ1) is 22.6. The van der Waals surface area contributed by atoms with Gasteiger partial charge in [0.05, 0.1) is 0 Å². The van der Waals surface area contributed by atoms with Crippen LogP contribution in [0, 0.1) is 11.8 Å². The van der Waals surface area contributed by atoms with E-state index in [1.165, 1.54) is 13.8 Å². The lowest BCUT2D eigenvalue weighted by atomic mass is 9.80. The smallest absolute Gasteiger partial charge is 0.303 e. The van der Waals surface area contributed by atoms with Gasteiger partial charge in [0.25, 0.3) is 0 Å². The molecular weight excluding hydrogens is 360 g/mol. The van der Waals surface area contributed by atoms with Crippen LogP contribution in [0.1, 0.15) is 72.1 Å². The summed E-state index contributed by atoms with van der Waals surface area (Å²) in [4.78, 5) is 34.9. The Kier molecular flexibility index (Phi) is 7.81. The molecule has 6 heteroatoms. The van der Waals surface area contributed by atoms with Crippen LogP contribution < -0.4 is 0 Å². The fourth-order valence-corrected chi connectivity index (χ4v) is 5.07. The van der Waals surface area contributed by atoms with Gasteiger partial charge < -0.3 is 19.0 Å². The third-order valence-corrected chi connectivity index (χ3v) is 6.26. The lowest BCUT2D eigenvalue weighted by Gasteiger charge is -2.42. The van der Waals surface area contributed by atoms with Crippen molar-refractivity contribution in [3.63, 3.8) is 0 Å². The highest BCUT2D eigenvalue weighted by molar-refractivity contribution is 5.68. The summed E-state index contributed by atoms with van der Waals surface area (Å²) in [6, 6.07) is 0. The minimum atomic E-state index is -0.847. The summed E-state index contributed by atoms with van der Waals surface area (Å²) in [6.07, 6.45) is 11.0. The van der Waals surface area contributed by atoms with Crippen molar-refractivity contribution < 1.29 is 28.6 Å². The normalized spacial score (nSPS) is 32.9. The average molecular weight is 395 g/mol. The molecule has 0 aliphatic heterocycles. The Balaban J connectivity index is 2.31. The van der Waals surface area contributed by atoms with Gasteiger partial charge in [-0.1, -0.05) is 19.8 Å². The molecule has 0 saturated heterocycles. The van der Waals surface area contributed by atoms with E-state index in [1.54, 1.807) is 7.11 Å². The zero-order chi connectivity index (χ0) is 20.8. The van der Waals surface area contributed by atoms with Crippen molar-refractivity contribution in [1.29, 1.82) is 0 Å². The summed E-state index contributed by atoms with van der Waals surface area (Å²) >= 11 is 0. The molecule has 1 unspecified atom stereocenters. The Morgan fingerprint density at radius 3 is 2.54 bits per heavy atom. The molecule has 0 aromatic heterocycles. The molecule has 2 fully saturated rings.